The molecule has 8 heteroatoms. The molecule has 0 spiro atoms. The van der Waals surface area contributed by atoms with E-state index in [1.54, 1.807) is 12.1 Å². The number of hydrogen-bond acceptors (Lipinski definition) is 5. The van der Waals surface area contributed by atoms with Crippen molar-refractivity contribution < 1.29 is 14.0 Å². The van der Waals surface area contributed by atoms with Crippen molar-refractivity contribution in [1.82, 2.24) is 4.98 Å². The SMILES string of the molecule is Cc1nc(-c2ccc(F)cc2)c(CC(=O)Nc2sc3c(c2C(N)=O)CCC3)s1. The van der Waals surface area contributed by atoms with Crippen LogP contribution in [-0.2, 0) is 24.1 Å². The number of halogens is 1. The van der Waals surface area contributed by atoms with Crippen LogP contribution in [0.5, 0.6) is 0 Å². The average molecular weight is 416 g/mol. The highest BCUT2D eigenvalue weighted by Gasteiger charge is 2.26. The molecule has 2 heterocycles. The van der Waals surface area contributed by atoms with Crippen molar-refractivity contribution in [3.8, 4) is 11.3 Å². The molecule has 144 valence electrons. The molecule has 0 fully saturated rings. The molecule has 28 heavy (non-hydrogen) atoms. The highest BCUT2D eigenvalue weighted by Crippen LogP contribution is 2.39. The lowest BCUT2D eigenvalue weighted by Crippen LogP contribution is -2.18. The van der Waals surface area contributed by atoms with E-state index in [-0.39, 0.29) is 18.1 Å². The summed E-state index contributed by atoms with van der Waals surface area (Å²) in [5, 5.41) is 4.23. The summed E-state index contributed by atoms with van der Waals surface area (Å²) in [6, 6.07) is 6.06. The van der Waals surface area contributed by atoms with Gasteiger partial charge in [-0.05, 0) is 56.0 Å². The minimum Gasteiger partial charge on any atom is -0.365 e. The number of nitrogens with one attached hydrogen (secondary N) is 1. The van der Waals surface area contributed by atoms with Gasteiger partial charge >= 0.3 is 0 Å². The van der Waals surface area contributed by atoms with Crippen LogP contribution in [0.15, 0.2) is 24.3 Å². The van der Waals surface area contributed by atoms with Crippen molar-refractivity contribution in [1.29, 1.82) is 0 Å². The zero-order valence-corrected chi connectivity index (χ0v) is 16.8. The van der Waals surface area contributed by atoms with E-state index in [9.17, 15) is 14.0 Å². The normalized spacial score (nSPS) is 12.8. The molecule has 2 amide bonds. The lowest BCUT2D eigenvalue weighted by atomic mass is 10.1. The summed E-state index contributed by atoms with van der Waals surface area (Å²) in [5.41, 5.74) is 8.43. The number of fused-ring (bicyclic) bond motifs is 1. The number of rotatable bonds is 5. The molecule has 0 atom stereocenters. The molecule has 0 saturated heterocycles. The Morgan fingerprint density at radius 2 is 1.96 bits per heavy atom. The molecule has 0 saturated carbocycles. The molecule has 2 aromatic heterocycles. The van der Waals surface area contributed by atoms with E-state index in [2.05, 4.69) is 10.3 Å². The van der Waals surface area contributed by atoms with E-state index in [4.69, 9.17) is 5.73 Å². The Morgan fingerprint density at radius 1 is 1.21 bits per heavy atom. The Kier molecular flexibility index (Phi) is 4.99. The predicted molar refractivity (Wildman–Crippen MR) is 109 cm³/mol. The zero-order chi connectivity index (χ0) is 19.8. The van der Waals surface area contributed by atoms with Gasteiger partial charge in [-0.1, -0.05) is 0 Å². The van der Waals surface area contributed by atoms with Gasteiger partial charge in [0.25, 0.3) is 5.91 Å². The summed E-state index contributed by atoms with van der Waals surface area (Å²) in [5.74, 6) is -1.05. The second-order valence-electron chi connectivity index (χ2n) is 6.66. The van der Waals surface area contributed by atoms with Gasteiger partial charge in [-0.15, -0.1) is 22.7 Å². The van der Waals surface area contributed by atoms with Crippen LogP contribution in [0, 0.1) is 12.7 Å². The molecule has 0 unspecified atom stereocenters. The van der Waals surface area contributed by atoms with Crippen LogP contribution < -0.4 is 11.1 Å². The average Bonchev–Trinajstić information content (AvgIpc) is 3.29. The number of anilines is 1. The Morgan fingerprint density at radius 3 is 2.68 bits per heavy atom. The number of carbonyl (C=O) groups is 2. The third-order valence-electron chi connectivity index (χ3n) is 4.66. The number of amides is 2. The number of nitrogens with two attached hydrogens (primary N) is 1. The minimum atomic E-state index is -0.504. The molecule has 1 aliphatic rings. The van der Waals surface area contributed by atoms with Crippen LogP contribution in [0.3, 0.4) is 0 Å². The Labute approximate surface area is 169 Å². The molecule has 1 aliphatic carbocycles. The highest BCUT2D eigenvalue weighted by molar-refractivity contribution is 7.17. The van der Waals surface area contributed by atoms with Gasteiger partial charge in [0.1, 0.15) is 10.8 Å². The molecule has 5 nitrogen and oxygen atoms in total. The molecule has 1 aromatic carbocycles. The molecular weight excluding hydrogens is 397 g/mol. The van der Waals surface area contributed by atoms with Gasteiger partial charge < -0.3 is 11.1 Å². The number of aromatic nitrogens is 1. The van der Waals surface area contributed by atoms with Gasteiger partial charge in [-0.3, -0.25) is 9.59 Å². The fourth-order valence-electron chi connectivity index (χ4n) is 3.49. The molecule has 0 bridgehead atoms. The first-order valence-electron chi connectivity index (χ1n) is 8.89. The number of hydrogen-bond donors (Lipinski definition) is 2. The van der Waals surface area contributed by atoms with Crippen LogP contribution in [0.25, 0.3) is 11.3 Å². The molecule has 3 aromatic rings. The largest absolute Gasteiger partial charge is 0.365 e. The molecule has 0 radical (unpaired) electrons. The van der Waals surface area contributed by atoms with E-state index in [0.29, 0.717) is 16.3 Å². The van der Waals surface area contributed by atoms with Crippen LogP contribution in [-0.4, -0.2) is 16.8 Å². The summed E-state index contributed by atoms with van der Waals surface area (Å²) in [4.78, 5) is 31.0. The zero-order valence-electron chi connectivity index (χ0n) is 15.2. The van der Waals surface area contributed by atoms with Gasteiger partial charge in [0.2, 0.25) is 5.91 Å². The summed E-state index contributed by atoms with van der Waals surface area (Å²) in [6.45, 7) is 1.87. The van der Waals surface area contributed by atoms with E-state index < -0.39 is 5.91 Å². The standard InChI is InChI=1S/C20H18FN3O2S2/c1-10-23-18(11-5-7-12(21)8-6-11)15(27-10)9-16(25)24-20-17(19(22)26)13-3-2-4-14(13)28-20/h5-8H,2-4,9H2,1H3,(H2,22,26)(H,24,25). The van der Waals surface area contributed by atoms with Gasteiger partial charge in [-0.25, -0.2) is 9.37 Å². The van der Waals surface area contributed by atoms with Crippen LogP contribution >= 0.6 is 22.7 Å². The van der Waals surface area contributed by atoms with Crippen molar-refractivity contribution in [3.63, 3.8) is 0 Å². The first kappa shape index (κ1) is 18.8. The Bertz CT molecular complexity index is 1070. The van der Waals surface area contributed by atoms with E-state index in [1.165, 1.54) is 34.8 Å². The van der Waals surface area contributed by atoms with Crippen molar-refractivity contribution >= 4 is 39.5 Å². The van der Waals surface area contributed by atoms with Crippen LogP contribution in [0.1, 0.15) is 37.1 Å². The Balaban J connectivity index is 1.57. The van der Waals surface area contributed by atoms with Gasteiger partial charge in [0, 0.05) is 15.3 Å². The second kappa shape index (κ2) is 7.44. The molecule has 3 N–H and O–H groups in total. The number of thiophene rings is 1. The van der Waals surface area contributed by atoms with E-state index in [0.717, 1.165) is 45.2 Å². The first-order chi connectivity index (χ1) is 13.4. The van der Waals surface area contributed by atoms with Crippen molar-refractivity contribution in [2.24, 2.45) is 5.73 Å². The third kappa shape index (κ3) is 3.57. The minimum absolute atomic E-state index is 0.124. The maximum Gasteiger partial charge on any atom is 0.251 e. The number of aryl methyl sites for hydroxylation is 2. The van der Waals surface area contributed by atoms with Crippen LogP contribution in [0.2, 0.25) is 0 Å². The Hall–Kier alpha value is -2.58. The maximum atomic E-state index is 13.2. The lowest BCUT2D eigenvalue weighted by molar-refractivity contribution is -0.115. The quantitative estimate of drug-likeness (QED) is 0.658. The maximum absolute atomic E-state index is 13.2. The number of primary amides is 1. The van der Waals surface area contributed by atoms with Crippen molar-refractivity contribution in [2.75, 3.05) is 5.32 Å². The fraction of sp³-hybridized carbons (Fsp3) is 0.250. The van der Waals surface area contributed by atoms with Gasteiger partial charge in [-0.2, -0.15) is 0 Å². The smallest absolute Gasteiger partial charge is 0.251 e. The molecule has 0 aliphatic heterocycles. The summed E-state index contributed by atoms with van der Waals surface area (Å²) >= 11 is 2.87. The monoisotopic (exact) mass is 415 g/mol. The number of benzene rings is 1. The van der Waals surface area contributed by atoms with Gasteiger partial charge in [0.05, 0.1) is 22.7 Å². The molecule has 4 rings (SSSR count). The highest BCUT2D eigenvalue weighted by atomic mass is 32.1. The van der Waals surface area contributed by atoms with Crippen molar-refractivity contribution in [2.45, 2.75) is 32.6 Å². The van der Waals surface area contributed by atoms with E-state index >= 15 is 0 Å². The van der Waals surface area contributed by atoms with Crippen molar-refractivity contribution in [3.05, 3.63) is 56.0 Å². The lowest BCUT2D eigenvalue weighted by Gasteiger charge is -2.06. The topological polar surface area (TPSA) is 85.1 Å². The fourth-order valence-corrected chi connectivity index (χ4v) is 5.76. The first-order valence-corrected chi connectivity index (χ1v) is 10.5. The summed E-state index contributed by atoms with van der Waals surface area (Å²) in [7, 11) is 0. The predicted octanol–water partition coefficient (Wildman–Crippen LogP) is 4.09. The van der Waals surface area contributed by atoms with Gasteiger partial charge in [0.15, 0.2) is 0 Å². The van der Waals surface area contributed by atoms with E-state index in [1.807, 2.05) is 6.92 Å². The second-order valence-corrected chi connectivity index (χ2v) is 9.06. The summed E-state index contributed by atoms with van der Waals surface area (Å²) in [6.07, 6.45) is 2.87. The number of thiazole rings is 1. The molecular formula is C20H18FN3O2S2. The number of carbonyl (C=O) groups excluding carboxylic acids is 2. The summed E-state index contributed by atoms with van der Waals surface area (Å²) < 4.78 is 13.2. The number of nitrogens with zero attached hydrogens (tertiary/aromatic N) is 1. The van der Waals surface area contributed by atoms with Crippen LogP contribution in [0.4, 0.5) is 9.39 Å². The third-order valence-corrected chi connectivity index (χ3v) is 6.84.